The van der Waals surface area contributed by atoms with E-state index in [0.29, 0.717) is 49.3 Å². The Bertz CT molecular complexity index is 1420. The Morgan fingerprint density at radius 2 is 1.93 bits per heavy atom. The highest BCUT2D eigenvalue weighted by Crippen LogP contribution is 2.57. The Morgan fingerprint density at radius 3 is 2.52 bits per heavy atom. The zero-order valence-corrected chi connectivity index (χ0v) is 23.8. The molecule has 0 bridgehead atoms. The SMILES string of the molecule is CCn1nc(NCC(C)(C)O)c(F)c1C1(O)CC2CC(c3ncn(C)c3C(=O)Nc3ccc(F)c(Cl)c3)CC2C1. The Morgan fingerprint density at radius 1 is 1.25 bits per heavy atom. The number of fused-ring (bicyclic) bond motifs is 1. The number of aliphatic hydroxyl groups is 2. The summed E-state index contributed by atoms with van der Waals surface area (Å²) in [6, 6.07) is 4.00. The molecule has 2 aliphatic carbocycles. The van der Waals surface area contributed by atoms with Crippen LogP contribution in [0.25, 0.3) is 0 Å². The number of rotatable bonds is 8. The molecule has 12 heteroatoms. The van der Waals surface area contributed by atoms with E-state index in [9.17, 15) is 19.4 Å². The van der Waals surface area contributed by atoms with Crippen molar-refractivity contribution in [3.05, 3.63) is 58.3 Å². The molecule has 2 heterocycles. The lowest BCUT2D eigenvalue weighted by Gasteiger charge is -2.25. The summed E-state index contributed by atoms with van der Waals surface area (Å²) < 4.78 is 32.3. The predicted octanol–water partition coefficient (Wildman–Crippen LogP) is 4.79. The molecule has 3 aromatic rings. The van der Waals surface area contributed by atoms with Crippen LogP contribution in [-0.4, -0.2) is 47.6 Å². The lowest BCUT2D eigenvalue weighted by atomic mass is 9.89. The third-order valence-corrected chi connectivity index (χ3v) is 8.40. The van der Waals surface area contributed by atoms with Crippen molar-refractivity contribution in [1.82, 2.24) is 19.3 Å². The third kappa shape index (κ3) is 5.34. The van der Waals surface area contributed by atoms with E-state index < -0.39 is 22.8 Å². The number of halogens is 3. The van der Waals surface area contributed by atoms with Crippen molar-refractivity contribution in [2.45, 2.75) is 70.1 Å². The second kappa shape index (κ2) is 10.4. The summed E-state index contributed by atoms with van der Waals surface area (Å²) in [6.07, 6.45) is 3.77. The van der Waals surface area contributed by atoms with Crippen molar-refractivity contribution < 1.29 is 23.8 Å². The quantitative estimate of drug-likeness (QED) is 0.306. The molecule has 2 saturated carbocycles. The molecule has 2 atom stereocenters. The van der Waals surface area contributed by atoms with Gasteiger partial charge in [0.05, 0.1) is 22.6 Å². The van der Waals surface area contributed by atoms with Crippen LogP contribution in [0, 0.1) is 23.5 Å². The van der Waals surface area contributed by atoms with Gasteiger partial charge in [-0.2, -0.15) is 5.10 Å². The summed E-state index contributed by atoms with van der Waals surface area (Å²) in [7, 11) is 1.75. The van der Waals surface area contributed by atoms with Crippen molar-refractivity contribution in [3.63, 3.8) is 0 Å². The van der Waals surface area contributed by atoms with E-state index in [1.54, 1.807) is 31.8 Å². The highest BCUT2D eigenvalue weighted by molar-refractivity contribution is 6.31. The first-order valence-corrected chi connectivity index (χ1v) is 13.9. The van der Waals surface area contributed by atoms with Gasteiger partial charge in [0.15, 0.2) is 11.6 Å². The first-order valence-electron chi connectivity index (χ1n) is 13.5. The van der Waals surface area contributed by atoms with Gasteiger partial charge in [0.2, 0.25) is 0 Å². The maximum Gasteiger partial charge on any atom is 0.274 e. The number of carbonyl (C=O) groups is 1. The topological polar surface area (TPSA) is 117 Å². The number of imidazole rings is 1. The Kier molecular flexibility index (Phi) is 7.43. The van der Waals surface area contributed by atoms with Gasteiger partial charge in [0.25, 0.3) is 5.91 Å². The molecular formula is C28H35ClF2N6O3. The number of anilines is 2. The molecule has 4 N–H and O–H groups in total. The van der Waals surface area contributed by atoms with E-state index in [4.69, 9.17) is 11.6 Å². The Balaban J connectivity index is 1.32. The van der Waals surface area contributed by atoms with Crippen LogP contribution in [0.5, 0.6) is 0 Å². The first kappa shape index (κ1) is 28.5. The van der Waals surface area contributed by atoms with Gasteiger partial charge in [0.1, 0.15) is 22.8 Å². The smallest absolute Gasteiger partial charge is 0.274 e. The van der Waals surface area contributed by atoms with Gasteiger partial charge in [-0.05, 0) is 76.5 Å². The molecule has 9 nitrogen and oxygen atoms in total. The molecule has 2 aliphatic rings. The fourth-order valence-electron chi connectivity index (χ4n) is 6.39. The van der Waals surface area contributed by atoms with Crippen molar-refractivity contribution in [2.24, 2.45) is 18.9 Å². The van der Waals surface area contributed by atoms with Crippen molar-refractivity contribution >= 4 is 29.0 Å². The van der Waals surface area contributed by atoms with Crippen LogP contribution < -0.4 is 10.6 Å². The number of nitrogens with one attached hydrogen (secondary N) is 2. The summed E-state index contributed by atoms with van der Waals surface area (Å²) in [5.41, 5.74) is -0.772. The van der Waals surface area contributed by atoms with Gasteiger partial charge in [-0.3, -0.25) is 9.48 Å². The monoisotopic (exact) mass is 576 g/mol. The van der Waals surface area contributed by atoms with Crippen LogP contribution in [0.4, 0.5) is 20.3 Å². The van der Waals surface area contributed by atoms with Gasteiger partial charge in [-0.1, -0.05) is 11.6 Å². The van der Waals surface area contributed by atoms with Crippen LogP contribution in [0.1, 0.15) is 74.2 Å². The molecule has 0 spiro atoms. The van der Waals surface area contributed by atoms with E-state index in [2.05, 4.69) is 20.7 Å². The number of carbonyl (C=O) groups excluding carboxylic acids is 1. The molecule has 5 rings (SSSR count). The summed E-state index contributed by atoms with van der Waals surface area (Å²) in [5.74, 6) is -1.26. The van der Waals surface area contributed by atoms with Gasteiger partial charge in [-0.15, -0.1) is 0 Å². The normalized spacial score (nSPS) is 24.4. The average Bonchev–Trinajstić information content (AvgIpc) is 3.60. The molecule has 0 aliphatic heterocycles. The van der Waals surface area contributed by atoms with Gasteiger partial charge in [0, 0.05) is 31.7 Å². The minimum Gasteiger partial charge on any atom is -0.389 e. The number of benzene rings is 1. The molecule has 2 unspecified atom stereocenters. The summed E-state index contributed by atoms with van der Waals surface area (Å²) >= 11 is 5.87. The fraction of sp³-hybridized carbons (Fsp3) is 0.536. The van der Waals surface area contributed by atoms with E-state index in [-0.39, 0.29) is 46.7 Å². The molecule has 1 amide bonds. The highest BCUT2D eigenvalue weighted by Gasteiger charge is 2.53. The fourth-order valence-corrected chi connectivity index (χ4v) is 6.57. The zero-order valence-electron chi connectivity index (χ0n) is 23.0. The molecular weight excluding hydrogens is 542 g/mol. The molecule has 1 aromatic carbocycles. The largest absolute Gasteiger partial charge is 0.389 e. The number of nitrogens with zero attached hydrogens (tertiary/aromatic N) is 4. The predicted molar refractivity (Wildman–Crippen MR) is 147 cm³/mol. The second-order valence-electron chi connectivity index (χ2n) is 11.8. The molecule has 40 heavy (non-hydrogen) atoms. The first-order chi connectivity index (χ1) is 18.8. The summed E-state index contributed by atoms with van der Waals surface area (Å²) in [4.78, 5) is 17.8. The van der Waals surface area contributed by atoms with Crippen LogP contribution >= 0.6 is 11.6 Å². The van der Waals surface area contributed by atoms with Crippen LogP contribution in [0.15, 0.2) is 24.5 Å². The van der Waals surface area contributed by atoms with Crippen LogP contribution in [-0.2, 0) is 19.2 Å². The lowest BCUT2D eigenvalue weighted by molar-refractivity contribution is 0.0219. The summed E-state index contributed by atoms with van der Waals surface area (Å²) in [5, 5.41) is 31.6. The summed E-state index contributed by atoms with van der Waals surface area (Å²) in [6.45, 7) is 5.59. The third-order valence-electron chi connectivity index (χ3n) is 8.11. The Hall–Kier alpha value is -3.02. The maximum atomic E-state index is 15.6. The number of hydrogen-bond donors (Lipinski definition) is 4. The van der Waals surface area contributed by atoms with E-state index in [1.807, 2.05) is 6.92 Å². The number of hydrogen-bond acceptors (Lipinski definition) is 6. The Labute approximate surface area is 236 Å². The second-order valence-corrected chi connectivity index (χ2v) is 12.2. The van der Waals surface area contributed by atoms with Gasteiger partial charge in [-0.25, -0.2) is 13.8 Å². The molecule has 0 saturated heterocycles. The van der Waals surface area contributed by atoms with Crippen molar-refractivity contribution in [2.75, 3.05) is 17.2 Å². The molecule has 0 radical (unpaired) electrons. The molecule has 2 fully saturated rings. The van der Waals surface area contributed by atoms with E-state index >= 15 is 4.39 Å². The van der Waals surface area contributed by atoms with E-state index in [0.717, 1.165) is 0 Å². The maximum absolute atomic E-state index is 15.6. The number of amides is 1. The molecule has 216 valence electrons. The van der Waals surface area contributed by atoms with Gasteiger partial charge >= 0.3 is 0 Å². The lowest BCUT2D eigenvalue weighted by Crippen LogP contribution is -2.30. The number of aryl methyl sites for hydroxylation is 2. The van der Waals surface area contributed by atoms with Crippen molar-refractivity contribution in [1.29, 1.82) is 0 Å². The van der Waals surface area contributed by atoms with E-state index in [1.165, 1.54) is 22.9 Å². The van der Waals surface area contributed by atoms with Crippen LogP contribution in [0.3, 0.4) is 0 Å². The highest BCUT2D eigenvalue weighted by atomic mass is 35.5. The standard InChI is InChI=1S/C28H35ClF2N6O3/c1-5-37-24(21(31)25(35-37)32-13-27(2,3)39)28(40)11-16-8-15(9-17(16)12-28)22-23(36(4)14-33-22)26(38)34-18-6-7-20(30)19(29)10-18/h6-7,10,14-17,39-40H,5,8-9,11-13H2,1-4H3,(H,32,35)(H,34,38). The number of aromatic nitrogens is 4. The minimum absolute atomic E-state index is 0.00301. The van der Waals surface area contributed by atoms with Crippen molar-refractivity contribution in [3.8, 4) is 0 Å². The zero-order chi connectivity index (χ0) is 29.0. The minimum atomic E-state index is -1.37. The van der Waals surface area contributed by atoms with Crippen LogP contribution in [0.2, 0.25) is 5.02 Å². The van der Waals surface area contributed by atoms with Gasteiger partial charge < -0.3 is 25.4 Å². The average molecular weight is 577 g/mol. The molecule has 2 aromatic heterocycles.